The minimum Gasteiger partial charge on any atom is -0.444 e. The lowest BCUT2D eigenvalue weighted by molar-refractivity contribution is 0.0522. The summed E-state index contributed by atoms with van der Waals surface area (Å²) in [7, 11) is 3.35. The summed E-state index contributed by atoms with van der Waals surface area (Å²) < 4.78 is 5.32. The highest BCUT2D eigenvalue weighted by Crippen LogP contribution is 2.07. The van der Waals surface area contributed by atoms with Crippen molar-refractivity contribution in [2.24, 2.45) is 4.99 Å². The summed E-state index contributed by atoms with van der Waals surface area (Å²) in [6, 6.07) is 7.61. The van der Waals surface area contributed by atoms with Gasteiger partial charge in [0.25, 0.3) is 5.91 Å². The minimum absolute atomic E-state index is 0. The van der Waals surface area contributed by atoms with Crippen molar-refractivity contribution in [3.8, 4) is 0 Å². The molecule has 0 saturated heterocycles. The predicted octanol–water partition coefficient (Wildman–Crippen LogP) is 3.46. The summed E-state index contributed by atoms with van der Waals surface area (Å²) in [6.45, 7) is 8.78. The Hall–Kier alpha value is -2.04. The van der Waals surface area contributed by atoms with Crippen LogP contribution in [0.1, 0.15) is 62.9 Å². The van der Waals surface area contributed by atoms with Crippen LogP contribution in [0.4, 0.5) is 4.79 Å². The van der Waals surface area contributed by atoms with Crippen LogP contribution >= 0.6 is 24.0 Å². The van der Waals surface area contributed by atoms with Crippen LogP contribution in [0.5, 0.6) is 0 Å². The maximum Gasteiger partial charge on any atom is 0.407 e. The maximum atomic E-state index is 12.0. The van der Waals surface area contributed by atoms with Gasteiger partial charge in [-0.25, -0.2) is 4.79 Å². The average molecular weight is 562 g/mol. The molecule has 1 unspecified atom stereocenters. The van der Waals surface area contributed by atoms with Gasteiger partial charge < -0.3 is 26.0 Å². The number of unbranched alkanes of at least 4 members (excludes halogenated alkanes) is 1. The second-order valence-corrected chi connectivity index (χ2v) is 8.39. The van der Waals surface area contributed by atoms with E-state index >= 15 is 0 Å². The molecule has 0 aliphatic rings. The molecular formula is C23H40IN5O3. The fourth-order valence-corrected chi connectivity index (χ4v) is 2.92. The summed E-state index contributed by atoms with van der Waals surface area (Å²) in [5.41, 5.74) is 1.19. The molecule has 1 aromatic carbocycles. The van der Waals surface area contributed by atoms with Crippen molar-refractivity contribution in [3.63, 3.8) is 0 Å². The molecule has 0 fully saturated rings. The highest BCUT2D eigenvalue weighted by Gasteiger charge is 2.18. The van der Waals surface area contributed by atoms with E-state index in [4.69, 9.17) is 4.74 Å². The van der Waals surface area contributed by atoms with Crippen LogP contribution in [0, 0.1) is 0 Å². The Balaban J connectivity index is 0.00000961. The van der Waals surface area contributed by atoms with Crippen molar-refractivity contribution in [2.75, 3.05) is 27.2 Å². The Morgan fingerprint density at radius 3 is 2.50 bits per heavy atom. The molecule has 0 radical (unpaired) electrons. The number of benzene rings is 1. The summed E-state index contributed by atoms with van der Waals surface area (Å²) >= 11 is 0. The third-order valence-corrected chi connectivity index (χ3v) is 4.48. The SMILES string of the molecule is CCCCC(CNC(=O)OC(C)(C)C)NC(=NC)NCCc1cccc(C(=O)NC)c1.I. The monoisotopic (exact) mass is 561 g/mol. The van der Waals surface area contributed by atoms with Gasteiger partial charge in [0.05, 0.1) is 0 Å². The number of nitrogens with one attached hydrogen (secondary N) is 4. The van der Waals surface area contributed by atoms with Gasteiger partial charge in [-0.2, -0.15) is 0 Å². The molecule has 32 heavy (non-hydrogen) atoms. The van der Waals surface area contributed by atoms with Gasteiger partial charge in [0.2, 0.25) is 0 Å². The third-order valence-electron chi connectivity index (χ3n) is 4.48. The van der Waals surface area contributed by atoms with Crippen LogP contribution in [0.2, 0.25) is 0 Å². The minimum atomic E-state index is -0.525. The number of guanidine groups is 1. The smallest absolute Gasteiger partial charge is 0.407 e. The Morgan fingerprint density at radius 2 is 1.91 bits per heavy atom. The number of nitrogens with zero attached hydrogens (tertiary/aromatic N) is 1. The van der Waals surface area contributed by atoms with Gasteiger partial charge in [-0.1, -0.05) is 31.9 Å². The molecule has 8 nitrogen and oxygen atoms in total. The fraction of sp³-hybridized carbons (Fsp3) is 0.609. The van der Waals surface area contributed by atoms with Crippen LogP contribution in [-0.2, 0) is 11.2 Å². The van der Waals surface area contributed by atoms with Crippen LogP contribution in [0.15, 0.2) is 29.3 Å². The molecule has 0 aliphatic heterocycles. The molecular weight excluding hydrogens is 521 g/mol. The number of ether oxygens (including phenoxy) is 1. The summed E-state index contributed by atoms with van der Waals surface area (Å²) in [4.78, 5) is 28.1. The lowest BCUT2D eigenvalue weighted by atomic mass is 10.1. The number of amides is 2. The number of alkyl carbamates (subject to hydrolysis) is 1. The molecule has 0 saturated carbocycles. The highest BCUT2D eigenvalue weighted by molar-refractivity contribution is 14.0. The lowest BCUT2D eigenvalue weighted by Crippen LogP contribution is -2.49. The van der Waals surface area contributed by atoms with Crippen molar-refractivity contribution >= 4 is 41.9 Å². The quantitative estimate of drug-likeness (QED) is 0.199. The van der Waals surface area contributed by atoms with Crippen molar-refractivity contribution in [1.82, 2.24) is 21.3 Å². The topological polar surface area (TPSA) is 104 Å². The largest absolute Gasteiger partial charge is 0.444 e. The van der Waals surface area contributed by atoms with Crippen molar-refractivity contribution in [3.05, 3.63) is 35.4 Å². The van der Waals surface area contributed by atoms with Crippen LogP contribution in [0.25, 0.3) is 0 Å². The van der Waals surface area contributed by atoms with Crippen LogP contribution in [0.3, 0.4) is 0 Å². The van der Waals surface area contributed by atoms with Crippen LogP contribution < -0.4 is 21.3 Å². The summed E-state index contributed by atoms with van der Waals surface area (Å²) in [5.74, 6) is 0.582. The first-order valence-corrected chi connectivity index (χ1v) is 10.9. The normalized spacial score (nSPS) is 12.2. The Labute approximate surface area is 209 Å². The first-order valence-electron chi connectivity index (χ1n) is 10.9. The zero-order valence-electron chi connectivity index (χ0n) is 20.2. The maximum absolute atomic E-state index is 12.0. The van der Waals surface area contributed by atoms with Crippen molar-refractivity contribution in [2.45, 2.75) is 65.0 Å². The average Bonchev–Trinajstić information content (AvgIpc) is 2.72. The summed E-state index contributed by atoms with van der Waals surface area (Å²) in [5, 5.41) is 12.2. The molecule has 0 heterocycles. The van der Waals surface area contributed by atoms with Gasteiger partial charge in [0.15, 0.2) is 5.96 Å². The zero-order chi connectivity index (χ0) is 23.3. The molecule has 0 aliphatic carbocycles. The number of aliphatic imine (C=N–C) groups is 1. The van der Waals surface area contributed by atoms with Crippen LogP contribution in [-0.4, -0.2) is 56.8 Å². The van der Waals surface area contributed by atoms with Gasteiger partial charge in [-0.15, -0.1) is 24.0 Å². The lowest BCUT2D eigenvalue weighted by Gasteiger charge is -2.24. The van der Waals surface area contributed by atoms with E-state index in [2.05, 4.69) is 33.2 Å². The zero-order valence-corrected chi connectivity index (χ0v) is 22.5. The molecule has 9 heteroatoms. The highest BCUT2D eigenvalue weighted by atomic mass is 127. The molecule has 1 atom stereocenters. The van der Waals surface area contributed by atoms with Gasteiger partial charge in [-0.3, -0.25) is 9.79 Å². The molecule has 0 spiro atoms. The number of rotatable bonds is 10. The molecule has 0 aromatic heterocycles. The first kappa shape index (κ1) is 30.0. The van der Waals surface area contributed by atoms with Gasteiger partial charge in [0.1, 0.15) is 5.60 Å². The van der Waals surface area contributed by atoms with E-state index in [0.717, 1.165) is 31.2 Å². The fourth-order valence-electron chi connectivity index (χ4n) is 2.92. The van der Waals surface area contributed by atoms with Gasteiger partial charge in [-0.05, 0) is 51.3 Å². The van der Waals surface area contributed by atoms with Crippen molar-refractivity contribution in [1.29, 1.82) is 0 Å². The van der Waals surface area contributed by atoms with E-state index in [1.165, 1.54) is 0 Å². The van der Waals surface area contributed by atoms with E-state index in [1.807, 2.05) is 39.0 Å². The number of carbonyl (C=O) groups is 2. The number of carbonyl (C=O) groups excluding carboxylic acids is 2. The molecule has 182 valence electrons. The standard InChI is InChI=1S/C23H39N5O3.HI/c1-7-8-12-19(16-27-22(30)31-23(2,3)4)28-21(25-6)26-14-13-17-10-9-11-18(15-17)20(29)24-5;/h9-11,15,19H,7-8,12-14,16H2,1-6H3,(H,24,29)(H,27,30)(H2,25,26,28);1H. The molecule has 1 rings (SSSR count). The number of halogens is 1. The molecule has 4 N–H and O–H groups in total. The van der Waals surface area contributed by atoms with Crippen molar-refractivity contribution < 1.29 is 14.3 Å². The first-order chi connectivity index (χ1) is 14.7. The third kappa shape index (κ3) is 12.7. The Morgan fingerprint density at radius 1 is 1.19 bits per heavy atom. The second-order valence-electron chi connectivity index (χ2n) is 8.39. The second kappa shape index (κ2) is 15.7. The predicted molar refractivity (Wildman–Crippen MR) is 141 cm³/mol. The Bertz CT molecular complexity index is 735. The van der Waals surface area contributed by atoms with E-state index < -0.39 is 11.7 Å². The van der Waals surface area contributed by atoms with E-state index in [0.29, 0.717) is 24.6 Å². The molecule has 2 amide bonds. The summed E-state index contributed by atoms with van der Waals surface area (Å²) in [6.07, 6.45) is 3.34. The Kier molecular flexibility index (Phi) is 14.7. The number of hydrogen-bond donors (Lipinski definition) is 4. The van der Waals surface area contributed by atoms with E-state index in [-0.39, 0.29) is 35.9 Å². The van der Waals surface area contributed by atoms with E-state index in [9.17, 15) is 9.59 Å². The van der Waals surface area contributed by atoms with Gasteiger partial charge >= 0.3 is 6.09 Å². The number of hydrogen-bond acceptors (Lipinski definition) is 4. The van der Waals surface area contributed by atoms with Gasteiger partial charge in [0, 0.05) is 38.8 Å². The molecule has 0 bridgehead atoms. The molecule has 1 aromatic rings. The van der Waals surface area contributed by atoms with E-state index in [1.54, 1.807) is 20.2 Å².